The van der Waals surface area contributed by atoms with Crippen molar-refractivity contribution < 1.29 is 14.3 Å². The zero-order chi connectivity index (χ0) is 18.4. The summed E-state index contributed by atoms with van der Waals surface area (Å²) in [5.74, 6) is -0.204. The van der Waals surface area contributed by atoms with Crippen LogP contribution in [0.3, 0.4) is 0 Å². The van der Waals surface area contributed by atoms with Crippen molar-refractivity contribution in [3.63, 3.8) is 0 Å². The molecule has 1 unspecified atom stereocenters. The Hall–Kier alpha value is -2.04. The normalized spacial score (nSPS) is 13.1. The maximum atomic E-state index is 12.5. The zero-order valence-electron chi connectivity index (χ0n) is 15.6. The molecule has 0 aliphatic carbocycles. The molecule has 0 saturated heterocycles. The minimum atomic E-state index is -0.640. The lowest BCUT2D eigenvalue weighted by atomic mass is 10.0. The van der Waals surface area contributed by atoms with Crippen molar-refractivity contribution in [3.05, 3.63) is 35.9 Å². The number of alkyl carbamates (subject to hydrolysis) is 1. The van der Waals surface area contributed by atoms with Gasteiger partial charge in [-0.05, 0) is 59.9 Å². The molecule has 0 aromatic heterocycles. The second kappa shape index (κ2) is 8.18. The number of carbonyl (C=O) groups excluding carboxylic acids is 2. The molecule has 1 aromatic rings. The van der Waals surface area contributed by atoms with Gasteiger partial charge in [-0.15, -0.1) is 0 Å². The van der Waals surface area contributed by atoms with Crippen molar-refractivity contribution in [1.82, 2.24) is 10.6 Å². The average Bonchev–Trinajstić information content (AvgIpc) is 2.40. The fourth-order valence-electron chi connectivity index (χ4n) is 2.13. The standard InChI is InChI=1S/C19H30N2O3/c1-18(2,3)21-16(22)15(20-17(23)24-19(4,5)6)13-12-14-10-8-7-9-11-14/h7-11,15H,12-13H2,1-6H3,(H,20,23)(H,21,22). The third-order valence-corrected chi connectivity index (χ3v) is 3.07. The Morgan fingerprint density at radius 2 is 1.62 bits per heavy atom. The van der Waals surface area contributed by atoms with Crippen LogP contribution in [0.15, 0.2) is 30.3 Å². The molecular formula is C19H30N2O3. The van der Waals surface area contributed by atoms with Crippen LogP contribution in [0.4, 0.5) is 4.79 Å². The van der Waals surface area contributed by atoms with Crippen molar-refractivity contribution in [2.45, 2.75) is 71.6 Å². The van der Waals surface area contributed by atoms with E-state index >= 15 is 0 Å². The van der Waals surface area contributed by atoms with E-state index in [-0.39, 0.29) is 11.4 Å². The highest BCUT2D eigenvalue weighted by Crippen LogP contribution is 2.10. The molecule has 1 atom stereocenters. The summed E-state index contributed by atoms with van der Waals surface area (Å²) in [4.78, 5) is 24.5. The summed E-state index contributed by atoms with van der Waals surface area (Å²) >= 11 is 0. The van der Waals surface area contributed by atoms with Crippen molar-refractivity contribution in [3.8, 4) is 0 Å². The Kier molecular flexibility index (Phi) is 6.81. The highest BCUT2D eigenvalue weighted by Gasteiger charge is 2.26. The van der Waals surface area contributed by atoms with Crippen LogP contribution >= 0.6 is 0 Å². The Balaban J connectivity index is 2.75. The first-order valence-electron chi connectivity index (χ1n) is 8.32. The molecule has 0 heterocycles. The van der Waals surface area contributed by atoms with Crippen molar-refractivity contribution in [2.24, 2.45) is 0 Å². The fourth-order valence-corrected chi connectivity index (χ4v) is 2.13. The summed E-state index contributed by atoms with van der Waals surface area (Å²) in [6.07, 6.45) is 0.619. The molecule has 0 fully saturated rings. The van der Waals surface area contributed by atoms with Gasteiger partial charge in [-0.1, -0.05) is 30.3 Å². The molecule has 0 aliphatic heterocycles. The lowest BCUT2D eigenvalue weighted by Gasteiger charge is -2.27. The van der Waals surface area contributed by atoms with Crippen molar-refractivity contribution >= 4 is 12.0 Å². The van der Waals surface area contributed by atoms with Gasteiger partial charge in [0.1, 0.15) is 11.6 Å². The number of hydrogen-bond donors (Lipinski definition) is 2. The SMILES string of the molecule is CC(C)(C)NC(=O)C(CCc1ccccc1)NC(=O)OC(C)(C)C. The summed E-state index contributed by atoms with van der Waals surface area (Å²) in [5, 5.41) is 5.61. The molecule has 2 N–H and O–H groups in total. The van der Waals surface area contributed by atoms with Gasteiger partial charge < -0.3 is 15.4 Å². The molecule has 0 aliphatic rings. The van der Waals surface area contributed by atoms with E-state index in [0.29, 0.717) is 12.8 Å². The van der Waals surface area contributed by atoms with E-state index in [0.717, 1.165) is 5.56 Å². The molecule has 0 spiro atoms. The fraction of sp³-hybridized carbons (Fsp3) is 0.579. The van der Waals surface area contributed by atoms with E-state index in [1.165, 1.54) is 0 Å². The highest BCUT2D eigenvalue weighted by molar-refractivity contribution is 5.86. The first-order chi connectivity index (χ1) is 11.0. The van der Waals surface area contributed by atoms with Crippen LogP contribution in [0.25, 0.3) is 0 Å². The van der Waals surface area contributed by atoms with Gasteiger partial charge in [0.15, 0.2) is 0 Å². The minimum Gasteiger partial charge on any atom is -0.444 e. The first kappa shape index (κ1) is 20.0. The van der Waals surface area contributed by atoms with E-state index in [2.05, 4.69) is 10.6 Å². The zero-order valence-corrected chi connectivity index (χ0v) is 15.6. The van der Waals surface area contributed by atoms with Gasteiger partial charge in [-0.3, -0.25) is 4.79 Å². The monoisotopic (exact) mass is 334 g/mol. The molecule has 24 heavy (non-hydrogen) atoms. The third-order valence-electron chi connectivity index (χ3n) is 3.07. The topological polar surface area (TPSA) is 67.4 Å². The maximum Gasteiger partial charge on any atom is 0.408 e. The van der Waals surface area contributed by atoms with Crippen LogP contribution in [-0.4, -0.2) is 29.2 Å². The van der Waals surface area contributed by atoms with Gasteiger partial charge in [0, 0.05) is 5.54 Å². The van der Waals surface area contributed by atoms with Gasteiger partial charge in [-0.2, -0.15) is 0 Å². The number of ether oxygens (including phenoxy) is 1. The summed E-state index contributed by atoms with van der Waals surface area (Å²) < 4.78 is 5.27. The molecule has 1 rings (SSSR count). The van der Waals surface area contributed by atoms with Crippen LogP contribution < -0.4 is 10.6 Å². The molecule has 134 valence electrons. The summed E-state index contributed by atoms with van der Waals surface area (Å²) in [7, 11) is 0. The smallest absolute Gasteiger partial charge is 0.408 e. The van der Waals surface area contributed by atoms with Crippen LogP contribution in [0, 0.1) is 0 Å². The number of benzene rings is 1. The van der Waals surface area contributed by atoms with Crippen molar-refractivity contribution in [1.29, 1.82) is 0 Å². The van der Waals surface area contributed by atoms with Gasteiger partial charge in [0.2, 0.25) is 5.91 Å². The summed E-state index contributed by atoms with van der Waals surface area (Å²) in [6, 6.07) is 9.24. The molecule has 5 nitrogen and oxygen atoms in total. The number of hydrogen-bond acceptors (Lipinski definition) is 3. The first-order valence-corrected chi connectivity index (χ1v) is 8.32. The van der Waals surface area contributed by atoms with E-state index in [9.17, 15) is 9.59 Å². The number of rotatable bonds is 5. The molecule has 5 heteroatoms. The second-order valence-corrected chi connectivity index (χ2v) is 7.96. The van der Waals surface area contributed by atoms with Crippen LogP contribution in [-0.2, 0) is 16.0 Å². The van der Waals surface area contributed by atoms with Gasteiger partial charge >= 0.3 is 6.09 Å². The number of nitrogens with one attached hydrogen (secondary N) is 2. The second-order valence-electron chi connectivity index (χ2n) is 7.96. The molecule has 1 aromatic carbocycles. The van der Waals surface area contributed by atoms with Gasteiger partial charge in [0.05, 0.1) is 0 Å². The Morgan fingerprint density at radius 1 is 1.04 bits per heavy atom. The predicted octanol–water partition coefficient (Wildman–Crippen LogP) is 3.43. The van der Waals surface area contributed by atoms with Crippen LogP contribution in [0.5, 0.6) is 0 Å². The van der Waals surface area contributed by atoms with E-state index in [1.54, 1.807) is 20.8 Å². The predicted molar refractivity (Wildman–Crippen MR) is 95.8 cm³/mol. The van der Waals surface area contributed by atoms with Gasteiger partial charge in [0.25, 0.3) is 0 Å². The molecule has 0 radical (unpaired) electrons. The Morgan fingerprint density at radius 3 is 2.12 bits per heavy atom. The van der Waals surface area contributed by atoms with Crippen LogP contribution in [0.1, 0.15) is 53.5 Å². The highest BCUT2D eigenvalue weighted by atomic mass is 16.6. The molecule has 0 saturated carbocycles. The minimum absolute atomic E-state index is 0.204. The average molecular weight is 334 g/mol. The van der Waals surface area contributed by atoms with E-state index < -0.39 is 17.7 Å². The maximum absolute atomic E-state index is 12.5. The quantitative estimate of drug-likeness (QED) is 0.867. The molecular weight excluding hydrogens is 304 g/mol. The lowest BCUT2D eigenvalue weighted by molar-refractivity contribution is -0.124. The Bertz CT molecular complexity index is 542. The number of carbonyl (C=O) groups is 2. The molecule has 2 amide bonds. The van der Waals surface area contributed by atoms with E-state index in [4.69, 9.17) is 4.74 Å². The van der Waals surface area contributed by atoms with Crippen molar-refractivity contribution in [2.75, 3.05) is 0 Å². The third kappa shape index (κ3) is 8.56. The van der Waals surface area contributed by atoms with Crippen LogP contribution in [0.2, 0.25) is 0 Å². The van der Waals surface area contributed by atoms with E-state index in [1.807, 2.05) is 51.1 Å². The number of aryl methyl sites for hydroxylation is 1. The lowest BCUT2D eigenvalue weighted by Crippen LogP contribution is -2.53. The molecule has 0 bridgehead atoms. The van der Waals surface area contributed by atoms with Gasteiger partial charge in [-0.25, -0.2) is 4.79 Å². The summed E-state index contributed by atoms with van der Waals surface area (Å²) in [6.45, 7) is 11.1. The number of amides is 2. The Labute approximate surface area is 145 Å². The largest absolute Gasteiger partial charge is 0.444 e. The summed E-state index contributed by atoms with van der Waals surface area (Å²) in [5.41, 5.74) is 0.156.